The number of hydrogen-bond donors (Lipinski definition) is 2. The smallest absolute Gasteiger partial charge is 0.238 e. The summed E-state index contributed by atoms with van der Waals surface area (Å²) < 4.78 is 26.9. The number of carbonyl (C=O) groups excluding carboxylic acids is 1. The Balaban J connectivity index is 1.72. The molecular weight excluding hydrogens is 348 g/mol. The van der Waals surface area contributed by atoms with E-state index < -0.39 is 17.5 Å². The number of nitrogens with zero attached hydrogens (tertiary/aromatic N) is 1. The largest absolute Gasteiger partial charge is 0.322 e. The fraction of sp³-hybridized carbons (Fsp3) is 0.278. The van der Waals surface area contributed by atoms with E-state index in [1.807, 2.05) is 29.2 Å². The molecule has 132 valence electrons. The summed E-state index contributed by atoms with van der Waals surface area (Å²) in [5.41, 5.74) is 0.774. The molecule has 1 aliphatic rings. The minimum absolute atomic E-state index is 0.0630. The Morgan fingerprint density at radius 2 is 2.08 bits per heavy atom. The fourth-order valence-corrected chi connectivity index (χ4v) is 3.22. The number of piperazine rings is 1. The van der Waals surface area contributed by atoms with Gasteiger partial charge in [-0.2, -0.15) is 0 Å². The minimum atomic E-state index is -0.669. The Labute approximate surface area is 149 Å². The van der Waals surface area contributed by atoms with Gasteiger partial charge in [-0.3, -0.25) is 9.69 Å². The van der Waals surface area contributed by atoms with Gasteiger partial charge in [0.15, 0.2) is 0 Å². The highest BCUT2D eigenvalue weighted by Crippen LogP contribution is 2.28. The zero-order chi connectivity index (χ0) is 17.8. The standard InChI is InChI=1S/C18H18ClF2N3O/c19-14-4-2-1-3-13(14)17-10-22-7-8-24(17)11-18(25)23-16-9-12(20)5-6-15(16)21/h1-6,9,17,22H,7-8,10-11H2,(H,23,25). The first kappa shape index (κ1) is 17.8. The van der Waals surface area contributed by atoms with Gasteiger partial charge in [0.2, 0.25) is 5.91 Å². The zero-order valence-corrected chi connectivity index (χ0v) is 14.2. The number of benzene rings is 2. The first-order valence-corrected chi connectivity index (χ1v) is 8.36. The van der Waals surface area contributed by atoms with Gasteiger partial charge in [0.1, 0.15) is 11.6 Å². The number of nitrogens with one attached hydrogen (secondary N) is 2. The number of amides is 1. The third-order valence-corrected chi connectivity index (χ3v) is 4.51. The summed E-state index contributed by atoms with van der Waals surface area (Å²) in [5, 5.41) is 6.36. The molecule has 0 radical (unpaired) electrons. The van der Waals surface area contributed by atoms with Crippen molar-refractivity contribution in [1.29, 1.82) is 0 Å². The quantitative estimate of drug-likeness (QED) is 0.874. The first-order valence-electron chi connectivity index (χ1n) is 7.98. The van der Waals surface area contributed by atoms with E-state index >= 15 is 0 Å². The Morgan fingerprint density at radius 3 is 2.88 bits per heavy atom. The average molecular weight is 366 g/mol. The second-order valence-electron chi connectivity index (χ2n) is 5.88. The second kappa shape index (κ2) is 7.91. The van der Waals surface area contributed by atoms with E-state index in [1.165, 1.54) is 0 Å². The highest BCUT2D eigenvalue weighted by atomic mass is 35.5. The highest BCUT2D eigenvalue weighted by molar-refractivity contribution is 6.31. The molecule has 25 heavy (non-hydrogen) atoms. The molecule has 1 heterocycles. The summed E-state index contributed by atoms with van der Waals surface area (Å²) in [7, 11) is 0. The summed E-state index contributed by atoms with van der Waals surface area (Å²) in [5.74, 6) is -1.67. The minimum Gasteiger partial charge on any atom is -0.322 e. The molecule has 0 spiro atoms. The van der Waals surface area contributed by atoms with Crippen LogP contribution in [0.2, 0.25) is 5.02 Å². The number of carbonyl (C=O) groups is 1. The molecule has 1 unspecified atom stereocenters. The van der Waals surface area contributed by atoms with E-state index in [1.54, 1.807) is 0 Å². The maximum absolute atomic E-state index is 13.7. The zero-order valence-electron chi connectivity index (χ0n) is 13.4. The third kappa shape index (κ3) is 4.34. The van der Waals surface area contributed by atoms with Crippen molar-refractivity contribution < 1.29 is 13.6 Å². The molecule has 1 amide bonds. The molecule has 2 aromatic rings. The van der Waals surface area contributed by atoms with E-state index in [0.717, 1.165) is 30.3 Å². The SMILES string of the molecule is O=C(CN1CCNCC1c1ccccc1Cl)Nc1cc(F)ccc1F. The van der Waals surface area contributed by atoms with E-state index in [4.69, 9.17) is 11.6 Å². The molecule has 1 atom stereocenters. The lowest BCUT2D eigenvalue weighted by atomic mass is 10.0. The molecule has 0 saturated carbocycles. The topological polar surface area (TPSA) is 44.4 Å². The Morgan fingerprint density at radius 1 is 1.28 bits per heavy atom. The van der Waals surface area contributed by atoms with Crippen molar-refractivity contribution >= 4 is 23.2 Å². The van der Waals surface area contributed by atoms with Gasteiger partial charge in [0, 0.05) is 36.8 Å². The summed E-state index contributed by atoms with van der Waals surface area (Å²) in [6.45, 7) is 2.11. The van der Waals surface area contributed by atoms with Crippen LogP contribution in [0.4, 0.5) is 14.5 Å². The first-order chi connectivity index (χ1) is 12.0. The summed E-state index contributed by atoms with van der Waals surface area (Å²) in [4.78, 5) is 14.3. The van der Waals surface area contributed by atoms with E-state index in [-0.39, 0.29) is 18.3 Å². The van der Waals surface area contributed by atoms with Gasteiger partial charge in [0.25, 0.3) is 0 Å². The molecule has 3 rings (SSSR count). The number of hydrogen-bond acceptors (Lipinski definition) is 3. The molecule has 7 heteroatoms. The van der Waals surface area contributed by atoms with Crippen LogP contribution in [-0.2, 0) is 4.79 Å². The van der Waals surface area contributed by atoms with Crippen molar-refractivity contribution in [3.8, 4) is 0 Å². The van der Waals surface area contributed by atoms with Crippen molar-refractivity contribution in [1.82, 2.24) is 10.2 Å². The molecule has 0 aliphatic carbocycles. The maximum atomic E-state index is 13.7. The van der Waals surface area contributed by atoms with Gasteiger partial charge in [0.05, 0.1) is 12.2 Å². The molecule has 1 saturated heterocycles. The number of anilines is 1. The third-order valence-electron chi connectivity index (χ3n) is 4.17. The van der Waals surface area contributed by atoms with Crippen LogP contribution in [0.25, 0.3) is 0 Å². The van der Waals surface area contributed by atoms with Crippen LogP contribution in [-0.4, -0.2) is 37.0 Å². The van der Waals surface area contributed by atoms with E-state index in [9.17, 15) is 13.6 Å². The van der Waals surface area contributed by atoms with Gasteiger partial charge in [-0.15, -0.1) is 0 Å². The summed E-state index contributed by atoms with van der Waals surface area (Å²) in [6.07, 6.45) is 0. The van der Waals surface area contributed by atoms with Crippen molar-refractivity contribution in [3.05, 3.63) is 64.7 Å². The van der Waals surface area contributed by atoms with Crippen molar-refractivity contribution in [2.24, 2.45) is 0 Å². The normalized spacial score (nSPS) is 18.1. The second-order valence-corrected chi connectivity index (χ2v) is 6.29. The Kier molecular flexibility index (Phi) is 5.63. The van der Waals surface area contributed by atoms with Crippen LogP contribution in [0.3, 0.4) is 0 Å². The fourth-order valence-electron chi connectivity index (χ4n) is 2.96. The van der Waals surface area contributed by atoms with Gasteiger partial charge in [-0.05, 0) is 23.8 Å². The van der Waals surface area contributed by atoms with Gasteiger partial charge >= 0.3 is 0 Å². The summed E-state index contributed by atoms with van der Waals surface area (Å²) >= 11 is 6.28. The predicted molar refractivity (Wildman–Crippen MR) is 93.6 cm³/mol. The molecule has 2 aromatic carbocycles. The predicted octanol–water partition coefficient (Wildman–Crippen LogP) is 3.20. The summed E-state index contributed by atoms with van der Waals surface area (Å²) in [6, 6.07) is 10.4. The maximum Gasteiger partial charge on any atom is 0.238 e. The molecule has 2 N–H and O–H groups in total. The van der Waals surface area contributed by atoms with Gasteiger partial charge < -0.3 is 10.6 Å². The highest BCUT2D eigenvalue weighted by Gasteiger charge is 2.27. The molecule has 0 aromatic heterocycles. The molecular formula is C18H18ClF2N3O. The van der Waals surface area contributed by atoms with Crippen LogP contribution in [0.15, 0.2) is 42.5 Å². The van der Waals surface area contributed by atoms with Crippen molar-refractivity contribution in [2.45, 2.75) is 6.04 Å². The van der Waals surface area contributed by atoms with Crippen LogP contribution < -0.4 is 10.6 Å². The lowest BCUT2D eigenvalue weighted by Gasteiger charge is -2.36. The Hall–Kier alpha value is -2.02. The van der Waals surface area contributed by atoms with Crippen LogP contribution in [0, 0.1) is 11.6 Å². The Bertz CT molecular complexity index is 772. The van der Waals surface area contributed by atoms with E-state index in [2.05, 4.69) is 10.6 Å². The average Bonchev–Trinajstić information content (AvgIpc) is 2.59. The monoisotopic (exact) mass is 365 g/mol. The molecule has 1 fully saturated rings. The number of rotatable bonds is 4. The van der Waals surface area contributed by atoms with Crippen molar-refractivity contribution in [3.63, 3.8) is 0 Å². The van der Waals surface area contributed by atoms with E-state index in [0.29, 0.717) is 18.1 Å². The van der Waals surface area contributed by atoms with Gasteiger partial charge in [-0.25, -0.2) is 8.78 Å². The lowest BCUT2D eigenvalue weighted by Crippen LogP contribution is -2.48. The molecule has 1 aliphatic heterocycles. The number of halogens is 3. The van der Waals surface area contributed by atoms with Gasteiger partial charge in [-0.1, -0.05) is 29.8 Å². The van der Waals surface area contributed by atoms with Crippen LogP contribution >= 0.6 is 11.6 Å². The molecule has 0 bridgehead atoms. The van der Waals surface area contributed by atoms with Crippen LogP contribution in [0.1, 0.15) is 11.6 Å². The molecule has 4 nitrogen and oxygen atoms in total. The van der Waals surface area contributed by atoms with Crippen molar-refractivity contribution in [2.75, 3.05) is 31.5 Å². The lowest BCUT2D eigenvalue weighted by molar-refractivity contribution is -0.118. The van der Waals surface area contributed by atoms with Crippen LogP contribution in [0.5, 0.6) is 0 Å².